The third-order valence-corrected chi connectivity index (χ3v) is 21.4. The van der Waals surface area contributed by atoms with E-state index in [9.17, 15) is 19.2 Å². The molecular formula is C77H95N14O9P. The molecule has 0 bridgehead atoms. The Morgan fingerprint density at radius 3 is 1.40 bits per heavy atom. The van der Waals surface area contributed by atoms with Crippen LogP contribution in [-0.2, 0) is 38.4 Å². The monoisotopic (exact) mass is 1390 g/mol. The summed E-state index contributed by atoms with van der Waals surface area (Å²) in [7, 11) is -0.784. The van der Waals surface area contributed by atoms with Crippen molar-refractivity contribution in [2.24, 2.45) is 0 Å². The zero-order valence-electron chi connectivity index (χ0n) is 58.3. The number of unbranched alkanes of at least 4 members (excludes halogenated alkanes) is 15. The molecule has 2 aliphatic heterocycles. The Hall–Kier alpha value is -8.93. The molecule has 1 unspecified atom stereocenters. The maximum atomic E-state index is 16.4. The summed E-state index contributed by atoms with van der Waals surface area (Å²) in [6, 6.07) is 48.5. The number of fused-ring (bicyclic) bond motifs is 2. The molecule has 5 atom stereocenters. The average molecular weight is 1390 g/mol. The van der Waals surface area contributed by atoms with E-state index in [1.807, 2.05) is 71.3 Å². The molecule has 3 amide bonds. The Morgan fingerprint density at radius 2 is 0.941 bits per heavy atom. The summed E-state index contributed by atoms with van der Waals surface area (Å²) in [4.78, 5) is 83.7. The van der Waals surface area contributed by atoms with Gasteiger partial charge in [-0.2, -0.15) is 0 Å². The van der Waals surface area contributed by atoms with Gasteiger partial charge >= 0.3 is 13.6 Å². The lowest BCUT2D eigenvalue weighted by Crippen LogP contribution is -2.57. The number of esters is 1. The Labute approximate surface area is 591 Å². The molecule has 5 aromatic carbocycles. The summed E-state index contributed by atoms with van der Waals surface area (Å²) in [5.41, 5.74) is 4.19. The van der Waals surface area contributed by atoms with Gasteiger partial charge in [-0.15, -0.1) is 0 Å². The van der Waals surface area contributed by atoms with E-state index in [0.717, 1.165) is 36.0 Å². The molecule has 101 heavy (non-hydrogen) atoms. The number of carbonyl (C=O) groups excluding carboxylic acids is 4. The van der Waals surface area contributed by atoms with Gasteiger partial charge in [-0.1, -0.05) is 231 Å². The molecule has 9 aromatic rings. The smallest absolute Gasteiger partial charge is 0.345 e. The van der Waals surface area contributed by atoms with E-state index in [1.165, 1.54) is 102 Å². The highest BCUT2D eigenvalue weighted by atomic mass is 31.2. The van der Waals surface area contributed by atoms with Crippen LogP contribution in [0, 0.1) is 0 Å². The normalized spacial score (nSPS) is 17.4. The van der Waals surface area contributed by atoms with Crippen molar-refractivity contribution in [2.75, 3.05) is 70.7 Å². The van der Waals surface area contributed by atoms with E-state index in [-0.39, 0.29) is 81.2 Å². The molecular weight excluding hydrogens is 1300 g/mol. The number of nitrogens with zero attached hydrogens (tertiary/aromatic N) is 11. The Morgan fingerprint density at radius 1 is 0.515 bits per heavy atom. The zero-order valence-corrected chi connectivity index (χ0v) is 59.2. The topological polar surface area (TPSA) is 255 Å². The minimum Gasteiger partial charge on any atom is -0.463 e. The molecule has 24 heteroatoms. The Kier molecular flexibility index (Phi) is 26.6. The number of hydrogen-bond donors (Lipinski definition) is 3. The van der Waals surface area contributed by atoms with Crippen molar-refractivity contribution in [1.29, 1.82) is 0 Å². The van der Waals surface area contributed by atoms with Crippen molar-refractivity contribution in [3.63, 3.8) is 0 Å². The van der Waals surface area contributed by atoms with Crippen molar-refractivity contribution in [3.8, 4) is 0 Å². The maximum Gasteiger partial charge on any atom is 0.345 e. The molecule has 0 spiro atoms. The zero-order chi connectivity index (χ0) is 70.2. The van der Waals surface area contributed by atoms with Crippen molar-refractivity contribution in [1.82, 2.24) is 58.6 Å². The average Bonchev–Trinajstić information content (AvgIpc) is 1.44. The van der Waals surface area contributed by atoms with Crippen LogP contribution in [0.1, 0.15) is 172 Å². The molecule has 2 saturated heterocycles. The minimum absolute atomic E-state index is 0.0255. The van der Waals surface area contributed by atoms with Gasteiger partial charge in [0.25, 0.3) is 11.8 Å². The summed E-state index contributed by atoms with van der Waals surface area (Å²) >= 11 is 0. The fourth-order valence-corrected chi connectivity index (χ4v) is 15.6. The van der Waals surface area contributed by atoms with Crippen LogP contribution in [0.5, 0.6) is 0 Å². The van der Waals surface area contributed by atoms with Crippen LogP contribution in [0.15, 0.2) is 177 Å². The van der Waals surface area contributed by atoms with Crippen molar-refractivity contribution in [2.45, 2.75) is 153 Å². The number of anilines is 2. The van der Waals surface area contributed by atoms with Gasteiger partial charge in [0.1, 0.15) is 31.6 Å². The van der Waals surface area contributed by atoms with Crippen LogP contribution < -0.4 is 16.0 Å². The summed E-state index contributed by atoms with van der Waals surface area (Å²) in [5, 5.41) is 8.78. The number of carbonyl (C=O) groups is 4. The van der Waals surface area contributed by atoms with Crippen LogP contribution in [0.4, 0.5) is 11.6 Å². The van der Waals surface area contributed by atoms with Crippen molar-refractivity contribution < 1.29 is 42.5 Å². The molecule has 2 aliphatic rings. The molecule has 11 rings (SSSR count). The van der Waals surface area contributed by atoms with Crippen LogP contribution >= 0.6 is 7.67 Å². The number of hydrogen-bond acceptors (Lipinski definition) is 16. The van der Waals surface area contributed by atoms with Gasteiger partial charge in [-0.3, -0.25) is 37.8 Å². The quantitative estimate of drug-likeness (QED) is 0.0142. The number of aromatic nitrogens is 8. The van der Waals surface area contributed by atoms with E-state index < -0.39 is 49.7 Å². The SMILES string of the molecule is CCCCCCCCCCCCCCCCCCNC(=O)CCC(=O)OC[C@@H]1CN(P(=O)(OC[C@@H]2CN(C(c3ccccc3)(c3ccccc3)c3ccccc3)C[C@H](n3cnc4c(NC(=O)c5ccccc5)ncnc43)O2)N(C)C)C[C@H](n2cnc3c(NC(=O)c4ccccc4)ncnc32)O1. The van der Waals surface area contributed by atoms with Gasteiger partial charge < -0.3 is 34.7 Å². The Bertz CT molecular complexity index is 4040. The molecule has 532 valence electrons. The number of rotatable bonds is 37. The first kappa shape index (κ1) is 73.3. The van der Waals surface area contributed by atoms with Crippen LogP contribution in [-0.4, -0.2) is 149 Å². The van der Waals surface area contributed by atoms with Gasteiger partial charge in [0.2, 0.25) is 5.91 Å². The lowest BCUT2D eigenvalue weighted by atomic mass is 9.75. The number of nitrogens with one attached hydrogen (secondary N) is 3. The van der Waals surface area contributed by atoms with Crippen molar-refractivity contribution >= 4 is 65.3 Å². The third kappa shape index (κ3) is 18.8. The van der Waals surface area contributed by atoms with Gasteiger partial charge in [0, 0.05) is 43.7 Å². The van der Waals surface area contributed by atoms with Crippen LogP contribution in [0.2, 0.25) is 0 Å². The van der Waals surface area contributed by atoms with Gasteiger partial charge in [0.05, 0.1) is 43.9 Å². The lowest BCUT2D eigenvalue weighted by molar-refractivity contribution is -0.160. The van der Waals surface area contributed by atoms with Gasteiger partial charge in [-0.05, 0) is 61.5 Å². The molecule has 0 saturated carbocycles. The second-order valence-corrected chi connectivity index (χ2v) is 28.8. The largest absolute Gasteiger partial charge is 0.463 e. The van der Waals surface area contributed by atoms with Crippen LogP contribution in [0.25, 0.3) is 22.3 Å². The predicted molar refractivity (Wildman–Crippen MR) is 390 cm³/mol. The molecule has 23 nitrogen and oxygen atoms in total. The van der Waals surface area contributed by atoms with Gasteiger partial charge in [-0.25, -0.2) is 39.2 Å². The number of ether oxygens (including phenoxy) is 3. The lowest BCUT2D eigenvalue weighted by Gasteiger charge is -2.51. The molecule has 3 N–H and O–H groups in total. The standard InChI is InChI=1S/C77H95N14O9P/c1-4-5-6-7-8-9-10-11-12-13-14-15-16-17-18-34-47-78-65(92)45-46-68(93)97-52-64-49-89(51-67(100-64)91-57-84-70-72(80-55-82-74(70)91)86-76(95)59-37-26-20-27-38-59)101(96,87(2)3)98-53-63-48-88(77(60-39-28-21-29-40-60,61-41-30-22-31-42-61)62-43-32-23-33-44-62)50-66(99-63)90-56-83-69-71(79-54-81-73(69)90)85-75(94)58-35-24-19-25-36-58/h19-33,35-44,54-57,63-64,66-67H,4-18,34,45-53H2,1-3H3,(H,78,92)(H,79,81,85,94)(H,80,82,86,95)/t63-,64-,66+,67+,101?/m0/s1. The molecule has 6 heterocycles. The molecule has 2 fully saturated rings. The summed E-state index contributed by atoms with van der Waals surface area (Å²) in [6.07, 6.45) is 22.4. The van der Waals surface area contributed by atoms with Gasteiger partial charge in [0.15, 0.2) is 40.2 Å². The summed E-state index contributed by atoms with van der Waals surface area (Å²) < 4.78 is 49.9. The number of imidazole rings is 2. The van der Waals surface area contributed by atoms with Crippen molar-refractivity contribution in [3.05, 3.63) is 205 Å². The molecule has 0 aliphatic carbocycles. The highest BCUT2D eigenvalue weighted by Gasteiger charge is 2.49. The second kappa shape index (κ2) is 36.6. The number of amides is 3. The maximum absolute atomic E-state index is 16.4. The first-order chi connectivity index (χ1) is 49.4. The highest BCUT2D eigenvalue weighted by molar-refractivity contribution is 7.53. The third-order valence-electron chi connectivity index (χ3n) is 18.8. The first-order valence-electron chi connectivity index (χ1n) is 35.8. The van der Waals surface area contributed by atoms with E-state index in [2.05, 4.69) is 84.1 Å². The summed E-state index contributed by atoms with van der Waals surface area (Å²) in [5.74, 6) is -1.20. The molecule has 0 radical (unpaired) electrons. The molecule has 4 aromatic heterocycles. The first-order valence-corrected chi connectivity index (χ1v) is 37.4. The second-order valence-electron chi connectivity index (χ2n) is 26.2. The van der Waals surface area contributed by atoms with E-state index in [0.29, 0.717) is 34.5 Å². The predicted octanol–water partition coefficient (Wildman–Crippen LogP) is 13.9. The Balaban J connectivity index is 0.812. The number of morpholine rings is 2. The summed E-state index contributed by atoms with van der Waals surface area (Å²) in [6.45, 7) is 2.81. The fraction of sp³-hybridized carbons (Fsp3) is 0.429. The van der Waals surface area contributed by atoms with E-state index >= 15 is 4.57 Å². The minimum atomic E-state index is -4.15. The van der Waals surface area contributed by atoms with E-state index in [4.69, 9.17) is 28.7 Å². The number of benzene rings is 5. The fourth-order valence-electron chi connectivity index (χ4n) is 13.6. The van der Waals surface area contributed by atoms with E-state index in [1.54, 1.807) is 82.9 Å². The highest BCUT2D eigenvalue weighted by Crippen LogP contribution is 2.55. The van der Waals surface area contributed by atoms with Crippen LogP contribution in [0.3, 0.4) is 0 Å².